The Morgan fingerprint density at radius 2 is 1.07 bits per heavy atom. The Bertz CT molecular complexity index is 3310. The van der Waals surface area contributed by atoms with E-state index >= 15 is 0 Å². The standard InChI is InChI=1S/C51H34N2S/c1-51(2)43-17-6-3-11-35(43)41-30-34(26-27-44(41)51)52(33-24-21-31(22-25-33)32-23-28-48-42(29-32)37-13-5-8-20-47(37)54-48)46-19-10-16-40-39-15-9-14-38-36-12-4-7-18-45(36)53(49(38)39)50(40)46/h3-30H,1-2H3. The third-order valence-electron chi connectivity index (χ3n) is 12.1. The second-order valence-electron chi connectivity index (χ2n) is 15.3. The van der Waals surface area contributed by atoms with Gasteiger partial charge in [-0.2, -0.15) is 0 Å². The van der Waals surface area contributed by atoms with Crippen molar-refractivity contribution in [1.82, 2.24) is 4.40 Å². The molecule has 0 fully saturated rings. The van der Waals surface area contributed by atoms with Gasteiger partial charge in [0, 0.05) is 58.5 Å². The fourth-order valence-corrected chi connectivity index (χ4v) is 10.7. The normalized spacial score (nSPS) is 13.5. The number of hydrogen-bond acceptors (Lipinski definition) is 2. The van der Waals surface area contributed by atoms with Gasteiger partial charge in [-0.15, -0.1) is 11.3 Å². The lowest BCUT2D eigenvalue weighted by Crippen LogP contribution is -2.15. The van der Waals surface area contributed by atoms with Crippen LogP contribution < -0.4 is 4.90 Å². The number of anilines is 3. The summed E-state index contributed by atoms with van der Waals surface area (Å²) >= 11 is 1.87. The van der Waals surface area contributed by atoms with Crippen LogP contribution in [-0.2, 0) is 5.41 Å². The predicted octanol–water partition coefficient (Wildman–Crippen LogP) is 14.6. The molecular formula is C51H34N2S. The number of hydrogen-bond donors (Lipinski definition) is 0. The van der Waals surface area contributed by atoms with Crippen molar-refractivity contribution in [2.24, 2.45) is 0 Å². The van der Waals surface area contributed by atoms with Gasteiger partial charge < -0.3 is 9.30 Å². The highest BCUT2D eigenvalue weighted by Crippen LogP contribution is 2.52. The van der Waals surface area contributed by atoms with Gasteiger partial charge in [0.1, 0.15) is 0 Å². The zero-order valence-electron chi connectivity index (χ0n) is 30.0. The number of nitrogens with zero attached hydrogens (tertiary/aromatic N) is 2. The van der Waals surface area contributed by atoms with E-state index in [9.17, 15) is 0 Å². The van der Waals surface area contributed by atoms with E-state index in [1.165, 1.54) is 91.6 Å². The number of benzene rings is 8. The molecule has 3 aromatic heterocycles. The van der Waals surface area contributed by atoms with Crippen molar-refractivity contribution >= 4 is 86.7 Å². The van der Waals surface area contributed by atoms with Gasteiger partial charge in [-0.05, 0) is 88.0 Å². The van der Waals surface area contributed by atoms with E-state index in [1.54, 1.807) is 0 Å². The van der Waals surface area contributed by atoms with Crippen LogP contribution >= 0.6 is 11.3 Å². The minimum Gasteiger partial charge on any atom is -0.308 e. The van der Waals surface area contributed by atoms with Crippen molar-refractivity contribution in [3.8, 4) is 22.3 Å². The fourth-order valence-electron chi connectivity index (χ4n) is 9.62. The number of aromatic nitrogens is 1. The Labute approximate surface area is 317 Å². The highest BCUT2D eigenvalue weighted by molar-refractivity contribution is 7.25. The van der Waals surface area contributed by atoms with Crippen molar-refractivity contribution in [3.05, 3.63) is 181 Å². The van der Waals surface area contributed by atoms with Crippen LogP contribution in [0.5, 0.6) is 0 Å². The summed E-state index contributed by atoms with van der Waals surface area (Å²) in [6, 6.07) is 63.4. The molecule has 1 aliphatic carbocycles. The fraction of sp³-hybridized carbons (Fsp3) is 0.0588. The van der Waals surface area contributed by atoms with E-state index in [1.807, 2.05) is 11.3 Å². The molecule has 0 amide bonds. The largest absolute Gasteiger partial charge is 0.308 e. The average Bonchev–Trinajstić information content (AvgIpc) is 3.93. The van der Waals surface area contributed by atoms with Crippen LogP contribution in [0.25, 0.3) is 80.5 Å². The van der Waals surface area contributed by atoms with Crippen LogP contribution in [0.2, 0.25) is 0 Å². The van der Waals surface area contributed by atoms with Crippen molar-refractivity contribution in [2.45, 2.75) is 19.3 Å². The van der Waals surface area contributed by atoms with Gasteiger partial charge in [-0.25, -0.2) is 0 Å². The lowest BCUT2D eigenvalue weighted by Gasteiger charge is -2.28. The number of fused-ring (bicyclic) bond motifs is 12. The van der Waals surface area contributed by atoms with Crippen molar-refractivity contribution < 1.29 is 0 Å². The molecule has 0 aliphatic heterocycles. The first-order valence-corrected chi connectivity index (χ1v) is 19.6. The molecule has 0 unspecified atom stereocenters. The molecule has 3 heterocycles. The van der Waals surface area contributed by atoms with Gasteiger partial charge in [-0.1, -0.05) is 129 Å². The molecule has 12 rings (SSSR count). The Morgan fingerprint density at radius 1 is 0.444 bits per heavy atom. The van der Waals surface area contributed by atoms with Crippen molar-refractivity contribution in [3.63, 3.8) is 0 Å². The number of para-hydroxylation sites is 3. The van der Waals surface area contributed by atoms with Gasteiger partial charge in [0.15, 0.2) is 0 Å². The summed E-state index contributed by atoms with van der Waals surface area (Å²) in [7, 11) is 0. The molecule has 0 saturated carbocycles. The Balaban J connectivity index is 1.10. The third kappa shape index (κ3) is 4.00. The number of thiophene rings is 1. The van der Waals surface area contributed by atoms with Gasteiger partial charge in [0.25, 0.3) is 0 Å². The number of rotatable bonds is 4. The van der Waals surface area contributed by atoms with Crippen LogP contribution in [0.4, 0.5) is 17.1 Å². The maximum Gasteiger partial charge on any atom is 0.0782 e. The summed E-state index contributed by atoms with van der Waals surface area (Å²) in [5.74, 6) is 0. The predicted molar refractivity (Wildman–Crippen MR) is 232 cm³/mol. The first kappa shape index (κ1) is 30.1. The van der Waals surface area contributed by atoms with E-state index < -0.39 is 0 Å². The van der Waals surface area contributed by atoms with Gasteiger partial charge in [-0.3, -0.25) is 0 Å². The molecule has 0 N–H and O–H groups in total. The minimum absolute atomic E-state index is 0.0584. The van der Waals surface area contributed by atoms with Crippen LogP contribution in [0.3, 0.4) is 0 Å². The quantitative estimate of drug-likeness (QED) is 0.177. The summed E-state index contributed by atoms with van der Waals surface area (Å²) in [5, 5.41) is 7.80. The SMILES string of the molecule is CC1(C)c2ccccc2-c2cc(N(c3ccc(-c4ccc5sc6ccccc6c5c4)cc3)c3cccc4c5cccc6c7ccccc7n(c34)c65)ccc21. The third-order valence-corrected chi connectivity index (χ3v) is 13.3. The molecule has 254 valence electrons. The van der Waals surface area contributed by atoms with Gasteiger partial charge in [0.2, 0.25) is 0 Å². The van der Waals surface area contributed by atoms with Crippen LogP contribution in [-0.4, -0.2) is 4.40 Å². The highest BCUT2D eigenvalue weighted by Gasteiger charge is 2.35. The van der Waals surface area contributed by atoms with E-state index in [-0.39, 0.29) is 5.41 Å². The highest BCUT2D eigenvalue weighted by atomic mass is 32.1. The Hall–Kier alpha value is -6.42. The molecule has 3 heteroatoms. The zero-order valence-corrected chi connectivity index (χ0v) is 30.8. The molecule has 54 heavy (non-hydrogen) atoms. The lowest BCUT2D eigenvalue weighted by atomic mass is 9.82. The summed E-state index contributed by atoms with van der Waals surface area (Å²) in [6.45, 7) is 4.71. The Kier molecular flexibility index (Phi) is 6.03. The minimum atomic E-state index is -0.0584. The maximum absolute atomic E-state index is 2.51. The topological polar surface area (TPSA) is 7.65 Å². The maximum atomic E-state index is 2.51. The second kappa shape index (κ2) is 10.8. The Morgan fingerprint density at radius 3 is 1.94 bits per heavy atom. The summed E-state index contributed by atoms with van der Waals surface area (Å²) in [4.78, 5) is 2.49. The summed E-state index contributed by atoms with van der Waals surface area (Å²) in [5.41, 5.74) is 15.0. The van der Waals surface area contributed by atoms with Gasteiger partial charge in [0.05, 0.1) is 22.2 Å². The van der Waals surface area contributed by atoms with E-state index in [2.05, 4.69) is 193 Å². The lowest BCUT2D eigenvalue weighted by molar-refractivity contribution is 0.660. The summed E-state index contributed by atoms with van der Waals surface area (Å²) < 4.78 is 5.18. The van der Waals surface area contributed by atoms with Crippen molar-refractivity contribution in [2.75, 3.05) is 4.90 Å². The summed E-state index contributed by atoms with van der Waals surface area (Å²) in [6.07, 6.45) is 0. The van der Waals surface area contributed by atoms with E-state index in [0.29, 0.717) is 0 Å². The van der Waals surface area contributed by atoms with Crippen LogP contribution in [0.1, 0.15) is 25.0 Å². The molecule has 0 atom stereocenters. The van der Waals surface area contributed by atoms with Gasteiger partial charge >= 0.3 is 0 Å². The molecule has 2 nitrogen and oxygen atoms in total. The monoisotopic (exact) mass is 706 g/mol. The van der Waals surface area contributed by atoms with Crippen molar-refractivity contribution in [1.29, 1.82) is 0 Å². The molecule has 0 radical (unpaired) electrons. The van der Waals surface area contributed by atoms with E-state index in [0.717, 1.165) is 17.1 Å². The van der Waals surface area contributed by atoms with Crippen LogP contribution in [0.15, 0.2) is 170 Å². The average molecular weight is 707 g/mol. The molecule has 0 bridgehead atoms. The molecule has 11 aromatic rings. The van der Waals surface area contributed by atoms with Crippen LogP contribution in [0, 0.1) is 0 Å². The smallest absolute Gasteiger partial charge is 0.0782 e. The first-order chi connectivity index (χ1) is 26.5. The first-order valence-electron chi connectivity index (χ1n) is 18.8. The molecule has 1 aliphatic rings. The second-order valence-corrected chi connectivity index (χ2v) is 16.4. The molecule has 0 spiro atoms. The molecule has 8 aromatic carbocycles. The molecule has 0 saturated heterocycles. The molecular weight excluding hydrogens is 673 g/mol. The van der Waals surface area contributed by atoms with E-state index in [4.69, 9.17) is 0 Å². The zero-order chi connectivity index (χ0) is 35.7.